The molecule has 140 valence electrons. The number of hydrogen-bond donors (Lipinski definition) is 0. The van der Waals surface area contributed by atoms with Gasteiger partial charge >= 0.3 is 5.97 Å². The highest BCUT2D eigenvalue weighted by molar-refractivity contribution is 6.68. The Morgan fingerprint density at radius 2 is 1.29 bits per heavy atom. The number of unbranched alkanes of at least 4 members (excludes halogenated alkanes) is 11. The molecule has 0 aliphatic heterocycles. The molecule has 0 aliphatic rings. The van der Waals surface area contributed by atoms with Gasteiger partial charge in [0.25, 0.3) is 0 Å². The Balaban J connectivity index is 3.08. The molecule has 0 aromatic rings. The van der Waals surface area contributed by atoms with Gasteiger partial charge in [-0.2, -0.15) is 0 Å². The Bertz CT molecular complexity index is 322. The van der Waals surface area contributed by atoms with Gasteiger partial charge in [-0.15, -0.1) is 23.2 Å². The lowest BCUT2D eigenvalue weighted by molar-refractivity contribution is -0.139. The van der Waals surface area contributed by atoms with Crippen LogP contribution >= 0.6 is 23.2 Å². The van der Waals surface area contributed by atoms with Crippen molar-refractivity contribution >= 4 is 38.7 Å². The summed E-state index contributed by atoms with van der Waals surface area (Å²) in [7, 11) is 0.700. The van der Waals surface area contributed by atoms with Gasteiger partial charge in [0, 0.05) is 5.57 Å². The molecule has 5 heteroatoms. The van der Waals surface area contributed by atoms with E-state index >= 15 is 0 Å². The topological polar surface area (TPSA) is 26.3 Å². The van der Waals surface area contributed by atoms with E-state index in [1.165, 1.54) is 70.3 Å². The second-order valence-electron chi connectivity index (χ2n) is 6.41. The summed E-state index contributed by atoms with van der Waals surface area (Å²) in [5, 5.41) is 0. The molecule has 24 heavy (non-hydrogen) atoms. The molecule has 0 aliphatic carbocycles. The Kier molecular flexibility index (Phi) is 17.8. The lowest BCUT2D eigenvalue weighted by Crippen LogP contribution is -2.05. The molecule has 0 aromatic carbocycles. The Labute approximate surface area is 161 Å². The Hall–Kier alpha value is 0.00688. The van der Waals surface area contributed by atoms with Crippen LogP contribution in [0, 0.1) is 0 Å². The zero-order valence-electron chi connectivity index (χ0n) is 15.3. The molecule has 0 fully saturated rings. The van der Waals surface area contributed by atoms with E-state index in [0.717, 1.165) is 12.8 Å². The van der Waals surface area contributed by atoms with Gasteiger partial charge in [0.05, 0.1) is 20.6 Å². The predicted molar refractivity (Wildman–Crippen MR) is 107 cm³/mol. The fourth-order valence-corrected chi connectivity index (χ4v) is 3.82. The number of hydrogen-bond acceptors (Lipinski definition) is 2. The molecule has 2 radical (unpaired) electrons. The molecule has 2 nitrogen and oxygen atoms in total. The largest absolute Gasteiger partial charge is 0.462 e. The molecule has 0 amide bonds. The fraction of sp³-hybridized carbons (Fsp3) is 0.842. The van der Waals surface area contributed by atoms with Gasteiger partial charge in [-0.05, 0) is 13.3 Å². The normalized spacial score (nSPS) is 11.0. The van der Waals surface area contributed by atoms with Crippen LogP contribution < -0.4 is 0 Å². The van der Waals surface area contributed by atoms with Gasteiger partial charge in [-0.1, -0.05) is 83.3 Å². The van der Waals surface area contributed by atoms with Gasteiger partial charge in [-0.25, -0.2) is 4.79 Å². The van der Waals surface area contributed by atoms with Crippen LogP contribution in [0.25, 0.3) is 0 Å². The van der Waals surface area contributed by atoms with Gasteiger partial charge in [0.2, 0.25) is 0 Å². The molecule has 0 spiro atoms. The van der Waals surface area contributed by atoms with Crippen molar-refractivity contribution in [3.05, 3.63) is 12.2 Å². The highest BCUT2D eigenvalue weighted by atomic mass is 35.5. The molecule has 0 heterocycles. The van der Waals surface area contributed by atoms with Crippen LogP contribution in [0.5, 0.6) is 0 Å². The van der Waals surface area contributed by atoms with Crippen LogP contribution in [-0.2, 0) is 9.53 Å². The van der Waals surface area contributed by atoms with E-state index in [9.17, 15) is 4.79 Å². The van der Waals surface area contributed by atoms with Crippen molar-refractivity contribution in [2.24, 2.45) is 0 Å². The first-order valence-corrected chi connectivity index (χ1v) is 11.5. The molecular formula is C19H34Cl2O2Si. The van der Waals surface area contributed by atoms with Crippen LogP contribution in [0.3, 0.4) is 0 Å². The highest BCUT2D eigenvalue weighted by Crippen LogP contribution is 2.13. The zero-order chi connectivity index (χ0) is 18.0. The van der Waals surface area contributed by atoms with Crippen molar-refractivity contribution in [2.45, 2.75) is 94.5 Å². The maximum Gasteiger partial charge on any atom is 0.333 e. The van der Waals surface area contributed by atoms with Crippen LogP contribution in [0.2, 0.25) is 6.04 Å². The second-order valence-corrected chi connectivity index (χ2v) is 9.73. The van der Waals surface area contributed by atoms with E-state index in [4.69, 9.17) is 27.9 Å². The first-order chi connectivity index (χ1) is 11.5. The third-order valence-corrected chi connectivity index (χ3v) is 5.83. The van der Waals surface area contributed by atoms with Crippen LogP contribution in [0.4, 0.5) is 0 Å². The number of carbonyl (C=O) groups excluding carboxylic acids is 1. The van der Waals surface area contributed by atoms with Crippen LogP contribution in [0.1, 0.15) is 84.0 Å². The third kappa shape index (κ3) is 18.3. The highest BCUT2D eigenvalue weighted by Gasteiger charge is 2.02. The summed E-state index contributed by atoms with van der Waals surface area (Å²) in [6.07, 6.45) is 15.4. The summed E-state index contributed by atoms with van der Waals surface area (Å²) in [5.41, 5.74) is 0.481. The van der Waals surface area contributed by atoms with Crippen molar-refractivity contribution in [1.29, 1.82) is 0 Å². The van der Waals surface area contributed by atoms with Crippen LogP contribution in [0.15, 0.2) is 12.2 Å². The SMILES string of the molecule is C=C(C)C(=O)OCCCCCCCCCCCCCC[Si]C(Cl)Cl. The quantitative estimate of drug-likeness (QED) is 0.0907. The number of ether oxygens (including phenoxy) is 1. The smallest absolute Gasteiger partial charge is 0.333 e. The van der Waals surface area contributed by atoms with Crippen molar-refractivity contribution in [3.63, 3.8) is 0 Å². The lowest BCUT2D eigenvalue weighted by Gasteiger charge is -2.05. The number of carbonyl (C=O) groups is 1. The molecule has 0 bridgehead atoms. The number of rotatable bonds is 17. The predicted octanol–water partition coefficient (Wildman–Crippen LogP) is 6.67. The summed E-state index contributed by atoms with van der Waals surface area (Å²) in [5.74, 6) is -0.266. The molecule has 0 N–H and O–H groups in total. The van der Waals surface area contributed by atoms with Crippen molar-refractivity contribution < 1.29 is 9.53 Å². The maximum absolute atomic E-state index is 11.2. The molecular weight excluding hydrogens is 359 g/mol. The van der Waals surface area contributed by atoms with Gasteiger partial charge in [-0.3, -0.25) is 0 Å². The summed E-state index contributed by atoms with van der Waals surface area (Å²) in [6, 6.07) is 1.18. The molecule has 0 saturated carbocycles. The summed E-state index contributed by atoms with van der Waals surface area (Å²) in [4.78, 5) is 11.2. The average Bonchev–Trinajstić information content (AvgIpc) is 2.53. The van der Waals surface area contributed by atoms with Crippen molar-refractivity contribution in [2.75, 3.05) is 6.61 Å². The Morgan fingerprint density at radius 3 is 1.71 bits per heavy atom. The van der Waals surface area contributed by atoms with E-state index in [0.29, 0.717) is 21.7 Å². The maximum atomic E-state index is 11.2. The van der Waals surface area contributed by atoms with Gasteiger partial charge in [0.1, 0.15) is 0 Å². The summed E-state index contributed by atoms with van der Waals surface area (Å²) in [6.45, 7) is 5.78. The molecule has 0 rings (SSSR count). The monoisotopic (exact) mass is 392 g/mol. The third-order valence-electron chi connectivity index (χ3n) is 3.95. The first kappa shape index (κ1) is 24.0. The molecule has 0 unspecified atom stereocenters. The summed E-state index contributed by atoms with van der Waals surface area (Å²) < 4.78 is 4.91. The van der Waals surface area contributed by atoms with E-state index in [1.807, 2.05) is 0 Å². The molecule has 0 aromatic heterocycles. The number of esters is 1. The minimum atomic E-state index is -0.266. The van der Waals surface area contributed by atoms with Gasteiger partial charge < -0.3 is 4.74 Å². The number of alkyl halides is 2. The zero-order valence-corrected chi connectivity index (χ0v) is 17.8. The summed E-state index contributed by atoms with van der Waals surface area (Å²) >= 11 is 11.4. The van der Waals surface area contributed by atoms with Crippen LogP contribution in [-0.4, -0.2) is 26.6 Å². The minimum Gasteiger partial charge on any atom is -0.462 e. The number of halogens is 2. The van der Waals surface area contributed by atoms with E-state index in [1.54, 1.807) is 6.92 Å². The standard InChI is InChI=1S/C19H34Cl2O2Si/c1-17(2)18(22)23-15-13-11-9-7-5-3-4-6-8-10-12-14-16-24-19(20)21/h19H,1,3-16H2,2H3. The fourth-order valence-electron chi connectivity index (χ4n) is 2.49. The average molecular weight is 393 g/mol. The van der Waals surface area contributed by atoms with Gasteiger partial charge in [0.15, 0.2) is 0 Å². The van der Waals surface area contributed by atoms with E-state index < -0.39 is 0 Å². The van der Waals surface area contributed by atoms with E-state index in [-0.39, 0.29) is 10.4 Å². The second kappa shape index (κ2) is 17.8. The molecule has 0 atom stereocenters. The van der Waals surface area contributed by atoms with Crippen molar-refractivity contribution in [1.82, 2.24) is 0 Å². The minimum absolute atomic E-state index is 0.156. The molecule has 0 saturated heterocycles. The first-order valence-electron chi connectivity index (χ1n) is 9.38. The van der Waals surface area contributed by atoms with Crippen molar-refractivity contribution in [3.8, 4) is 0 Å². The Morgan fingerprint density at radius 1 is 0.875 bits per heavy atom. The van der Waals surface area contributed by atoms with E-state index in [2.05, 4.69) is 6.58 Å². The lowest BCUT2D eigenvalue weighted by atomic mass is 10.1.